The number of nitrogens with zero attached hydrogens (tertiary/aromatic N) is 2. The van der Waals surface area contributed by atoms with Gasteiger partial charge in [0, 0.05) is 12.2 Å². The summed E-state index contributed by atoms with van der Waals surface area (Å²) in [5.41, 5.74) is 3.03. The summed E-state index contributed by atoms with van der Waals surface area (Å²) in [6.07, 6.45) is 2.25. The van der Waals surface area contributed by atoms with E-state index in [0.29, 0.717) is 0 Å². The van der Waals surface area contributed by atoms with Crippen molar-refractivity contribution in [3.63, 3.8) is 0 Å². The fourth-order valence-electron chi connectivity index (χ4n) is 2.14. The molecule has 1 heterocycles. The van der Waals surface area contributed by atoms with Crippen molar-refractivity contribution in [2.24, 2.45) is 0 Å². The summed E-state index contributed by atoms with van der Waals surface area (Å²) in [7, 11) is 0. The molecule has 0 saturated carbocycles. The molecule has 0 aliphatic carbocycles. The molecule has 1 atom stereocenters. The highest BCUT2D eigenvalue weighted by atomic mass is 32.2. The molecule has 0 saturated heterocycles. The number of nitrogens with one attached hydrogen (secondary N) is 2. The lowest BCUT2D eigenvalue weighted by molar-refractivity contribution is -0.115. The fourth-order valence-corrected chi connectivity index (χ4v) is 4.06. The van der Waals surface area contributed by atoms with E-state index in [-0.39, 0.29) is 11.2 Å². The van der Waals surface area contributed by atoms with E-state index in [0.717, 1.165) is 45.7 Å². The molecule has 1 aromatic carbocycles. The topological polar surface area (TPSA) is 66.9 Å². The molecule has 0 spiro atoms. The Morgan fingerprint density at radius 2 is 2.00 bits per heavy atom. The molecule has 0 radical (unpaired) electrons. The van der Waals surface area contributed by atoms with Gasteiger partial charge in [-0.05, 0) is 38.3 Å². The highest BCUT2D eigenvalue weighted by molar-refractivity contribution is 8.02. The Hall–Kier alpha value is -1.60. The molecule has 2 N–H and O–H groups in total. The number of rotatable bonds is 8. The molecule has 24 heavy (non-hydrogen) atoms. The molecular formula is C17H24N4OS2. The number of carbonyl (C=O) groups excluding carboxylic acids is 1. The van der Waals surface area contributed by atoms with Crippen LogP contribution < -0.4 is 10.6 Å². The minimum Gasteiger partial charge on any atom is -0.360 e. The van der Waals surface area contributed by atoms with Crippen LogP contribution in [0, 0.1) is 13.8 Å². The summed E-state index contributed by atoms with van der Waals surface area (Å²) < 4.78 is 0.804. The van der Waals surface area contributed by atoms with E-state index in [2.05, 4.69) is 27.8 Å². The van der Waals surface area contributed by atoms with E-state index in [1.165, 1.54) is 23.1 Å². The Labute approximate surface area is 151 Å². The summed E-state index contributed by atoms with van der Waals surface area (Å²) in [4.78, 5) is 12.4. The average Bonchev–Trinajstić information content (AvgIpc) is 2.98. The lowest BCUT2D eigenvalue weighted by Gasteiger charge is -2.14. The third kappa shape index (κ3) is 5.21. The molecule has 2 rings (SSSR count). The van der Waals surface area contributed by atoms with Crippen molar-refractivity contribution < 1.29 is 4.79 Å². The van der Waals surface area contributed by atoms with Gasteiger partial charge in [0.1, 0.15) is 0 Å². The van der Waals surface area contributed by atoms with Gasteiger partial charge in [0.15, 0.2) is 4.34 Å². The molecule has 0 aliphatic heterocycles. The van der Waals surface area contributed by atoms with Crippen LogP contribution >= 0.6 is 23.1 Å². The molecule has 130 valence electrons. The molecule has 0 unspecified atom stereocenters. The van der Waals surface area contributed by atoms with Crippen LogP contribution in [-0.4, -0.2) is 27.9 Å². The van der Waals surface area contributed by atoms with Gasteiger partial charge in [0.2, 0.25) is 11.0 Å². The van der Waals surface area contributed by atoms with Crippen LogP contribution in [0.5, 0.6) is 0 Å². The van der Waals surface area contributed by atoms with Gasteiger partial charge in [-0.1, -0.05) is 54.6 Å². The largest absolute Gasteiger partial charge is 0.360 e. The van der Waals surface area contributed by atoms with Crippen molar-refractivity contribution in [1.82, 2.24) is 10.2 Å². The predicted molar refractivity (Wildman–Crippen MR) is 103 cm³/mol. The van der Waals surface area contributed by atoms with Gasteiger partial charge in [-0.2, -0.15) is 0 Å². The number of unbranched alkanes of at least 4 members (excludes halogenated alkanes) is 1. The van der Waals surface area contributed by atoms with Gasteiger partial charge in [0.25, 0.3) is 0 Å². The number of aromatic nitrogens is 2. The van der Waals surface area contributed by atoms with Crippen LogP contribution in [0.4, 0.5) is 10.8 Å². The fraction of sp³-hybridized carbons (Fsp3) is 0.471. The van der Waals surface area contributed by atoms with Gasteiger partial charge in [0.05, 0.1) is 5.25 Å². The Bertz CT molecular complexity index is 667. The van der Waals surface area contributed by atoms with Gasteiger partial charge in [-0.25, -0.2) is 0 Å². The van der Waals surface area contributed by atoms with Gasteiger partial charge < -0.3 is 10.6 Å². The summed E-state index contributed by atoms with van der Waals surface area (Å²) in [6.45, 7) is 8.94. The van der Waals surface area contributed by atoms with Crippen molar-refractivity contribution in [3.05, 3.63) is 29.3 Å². The molecule has 2 aromatic rings. The maximum absolute atomic E-state index is 12.4. The SMILES string of the molecule is CCCCNc1nnc(S[C@H](C)C(=O)Nc2c(C)cccc2C)s1. The first-order chi connectivity index (χ1) is 11.5. The Morgan fingerprint density at radius 1 is 1.29 bits per heavy atom. The molecule has 0 fully saturated rings. The normalized spacial score (nSPS) is 12.0. The first kappa shape index (κ1) is 18.7. The van der Waals surface area contributed by atoms with E-state index >= 15 is 0 Å². The molecule has 0 bridgehead atoms. The zero-order chi connectivity index (χ0) is 17.5. The summed E-state index contributed by atoms with van der Waals surface area (Å²) >= 11 is 2.93. The van der Waals surface area contributed by atoms with Crippen molar-refractivity contribution >= 4 is 39.8 Å². The Kier molecular flexibility index (Phi) is 7.05. The van der Waals surface area contributed by atoms with Gasteiger partial charge in [-0.15, -0.1) is 10.2 Å². The first-order valence-corrected chi connectivity index (χ1v) is 9.82. The third-order valence-corrected chi connectivity index (χ3v) is 5.65. The molecule has 0 aliphatic rings. The Balaban J connectivity index is 1.92. The van der Waals surface area contributed by atoms with Crippen molar-refractivity contribution in [2.45, 2.75) is 50.1 Å². The minimum absolute atomic E-state index is 0.0203. The lowest BCUT2D eigenvalue weighted by atomic mass is 10.1. The number of amides is 1. The van der Waals surface area contributed by atoms with Crippen molar-refractivity contribution in [1.29, 1.82) is 0 Å². The molecule has 1 amide bonds. The Morgan fingerprint density at radius 3 is 2.67 bits per heavy atom. The van der Waals surface area contributed by atoms with Gasteiger partial charge in [-0.3, -0.25) is 4.79 Å². The van der Waals surface area contributed by atoms with Crippen LogP contribution in [0.2, 0.25) is 0 Å². The second-order valence-electron chi connectivity index (χ2n) is 5.67. The van der Waals surface area contributed by atoms with E-state index in [9.17, 15) is 4.79 Å². The number of anilines is 2. The molecule has 1 aromatic heterocycles. The summed E-state index contributed by atoms with van der Waals surface area (Å²) in [5.74, 6) is -0.0203. The highest BCUT2D eigenvalue weighted by Crippen LogP contribution is 2.30. The maximum atomic E-state index is 12.4. The lowest BCUT2D eigenvalue weighted by Crippen LogP contribution is -2.23. The smallest absolute Gasteiger partial charge is 0.237 e. The average molecular weight is 365 g/mol. The second kappa shape index (κ2) is 9.03. The number of carbonyl (C=O) groups is 1. The zero-order valence-electron chi connectivity index (χ0n) is 14.5. The third-order valence-electron chi connectivity index (χ3n) is 3.59. The summed E-state index contributed by atoms with van der Waals surface area (Å²) in [6, 6.07) is 5.99. The van der Waals surface area contributed by atoms with Gasteiger partial charge >= 0.3 is 0 Å². The summed E-state index contributed by atoms with van der Waals surface area (Å²) in [5, 5.41) is 15.1. The standard InChI is InChI=1S/C17H24N4OS2/c1-5-6-10-18-16-20-21-17(24-16)23-13(4)15(22)19-14-11(2)8-7-9-12(14)3/h7-9,13H,5-6,10H2,1-4H3,(H,18,20)(H,19,22)/t13-/m1/s1. The zero-order valence-corrected chi connectivity index (χ0v) is 16.2. The number of thioether (sulfide) groups is 1. The maximum Gasteiger partial charge on any atom is 0.237 e. The second-order valence-corrected chi connectivity index (χ2v) is 8.24. The van der Waals surface area contributed by atoms with Crippen molar-refractivity contribution in [3.8, 4) is 0 Å². The number of para-hydroxylation sites is 1. The van der Waals surface area contributed by atoms with E-state index in [1.54, 1.807) is 0 Å². The van der Waals surface area contributed by atoms with Crippen LogP contribution in [0.1, 0.15) is 37.8 Å². The molecular weight excluding hydrogens is 340 g/mol. The van der Waals surface area contributed by atoms with Crippen LogP contribution in [0.25, 0.3) is 0 Å². The van der Waals surface area contributed by atoms with Crippen LogP contribution in [-0.2, 0) is 4.79 Å². The number of hydrogen-bond donors (Lipinski definition) is 2. The van der Waals surface area contributed by atoms with E-state index in [1.807, 2.05) is 39.0 Å². The monoisotopic (exact) mass is 364 g/mol. The first-order valence-electron chi connectivity index (χ1n) is 8.12. The highest BCUT2D eigenvalue weighted by Gasteiger charge is 2.18. The van der Waals surface area contributed by atoms with Crippen LogP contribution in [0.3, 0.4) is 0 Å². The molecule has 7 heteroatoms. The van der Waals surface area contributed by atoms with Crippen molar-refractivity contribution in [2.75, 3.05) is 17.2 Å². The molecule has 5 nitrogen and oxygen atoms in total. The minimum atomic E-state index is -0.236. The van der Waals surface area contributed by atoms with E-state index < -0.39 is 0 Å². The number of hydrogen-bond acceptors (Lipinski definition) is 6. The van der Waals surface area contributed by atoms with E-state index in [4.69, 9.17) is 0 Å². The number of aryl methyl sites for hydroxylation is 2. The number of benzene rings is 1. The van der Waals surface area contributed by atoms with Crippen LogP contribution in [0.15, 0.2) is 22.5 Å². The predicted octanol–water partition coefficient (Wildman–Crippen LogP) is 4.49. The quantitative estimate of drug-likeness (QED) is 0.534.